The summed E-state index contributed by atoms with van der Waals surface area (Å²) >= 11 is 0. The number of esters is 1. The van der Waals surface area contributed by atoms with Crippen LogP contribution in [-0.2, 0) is 19.6 Å². The first-order valence-electron chi connectivity index (χ1n) is 8.83. The molecule has 3 rings (SSSR count). The van der Waals surface area contributed by atoms with Crippen LogP contribution < -0.4 is 4.72 Å². The largest absolute Gasteiger partial charge is 0.456 e. The molecule has 150 valence electrons. The number of ether oxygens (including phenoxy) is 1. The molecule has 29 heavy (non-hydrogen) atoms. The minimum atomic E-state index is -3.82. The maximum absolute atomic E-state index is 12.3. The lowest BCUT2D eigenvalue weighted by Crippen LogP contribution is -2.30. The number of carbonyl (C=O) groups is 2. The van der Waals surface area contributed by atoms with Gasteiger partial charge in [-0.2, -0.15) is 0 Å². The summed E-state index contributed by atoms with van der Waals surface area (Å²) in [7, 11) is -3.82. The SMILES string of the molecule is Cc1ccc(/C=C/S(=O)(=O)NCC(=O)OCC(=O)c2c[nH]c3ccccc23)cc1. The van der Waals surface area contributed by atoms with E-state index in [1.54, 1.807) is 30.5 Å². The fraction of sp³-hybridized carbons (Fsp3) is 0.143. The molecule has 2 aromatic carbocycles. The highest BCUT2D eigenvalue weighted by atomic mass is 32.2. The number of rotatable bonds is 8. The molecule has 0 fully saturated rings. The van der Waals surface area contributed by atoms with E-state index in [1.165, 1.54) is 6.08 Å². The molecule has 7 nitrogen and oxygen atoms in total. The van der Waals surface area contributed by atoms with Crippen LogP contribution >= 0.6 is 0 Å². The van der Waals surface area contributed by atoms with Crippen LogP contribution in [-0.4, -0.2) is 38.3 Å². The van der Waals surface area contributed by atoms with Gasteiger partial charge in [-0.15, -0.1) is 0 Å². The fourth-order valence-corrected chi connectivity index (χ4v) is 3.38. The number of aromatic nitrogens is 1. The zero-order chi connectivity index (χ0) is 20.9. The molecule has 1 aromatic heterocycles. The van der Waals surface area contributed by atoms with Crippen molar-refractivity contribution in [3.63, 3.8) is 0 Å². The first-order valence-corrected chi connectivity index (χ1v) is 10.4. The maximum Gasteiger partial charge on any atom is 0.321 e. The number of benzene rings is 2. The van der Waals surface area contributed by atoms with Crippen LogP contribution in [0.1, 0.15) is 21.5 Å². The third kappa shape index (κ3) is 5.63. The van der Waals surface area contributed by atoms with E-state index >= 15 is 0 Å². The predicted octanol–water partition coefficient (Wildman–Crippen LogP) is 2.79. The highest BCUT2D eigenvalue weighted by molar-refractivity contribution is 7.92. The summed E-state index contributed by atoms with van der Waals surface area (Å²) in [6, 6.07) is 14.6. The van der Waals surface area contributed by atoms with Crippen LogP contribution in [0.4, 0.5) is 0 Å². The lowest BCUT2D eigenvalue weighted by molar-refractivity contribution is -0.141. The first-order chi connectivity index (χ1) is 13.8. The van der Waals surface area contributed by atoms with Gasteiger partial charge in [0.1, 0.15) is 6.54 Å². The summed E-state index contributed by atoms with van der Waals surface area (Å²) in [6.07, 6.45) is 2.98. The van der Waals surface area contributed by atoms with Crippen molar-refractivity contribution in [2.45, 2.75) is 6.92 Å². The molecule has 1 heterocycles. The van der Waals surface area contributed by atoms with Gasteiger partial charge in [-0.05, 0) is 24.6 Å². The van der Waals surface area contributed by atoms with Crippen LogP contribution in [0.2, 0.25) is 0 Å². The van der Waals surface area contributed by atoms with E-state index in [-0.39, 0.29) is 5.78 Å². The number of ketones is 1. The summed E-state index contributed by atoms with van der Waals surface area (Å²) in [5, 5.41) is 1.71. The van der Waals surface area contributed by atoms with Crippen LogP contribution in [0.25, 0.3) is 17.0 Å². The Hall–Kier alpha value is -3.23. The second kappa shape index (κ2) is 8.85. The number of fused-ring (bicyclic) bond motifs is 1. The molecule has 0 atom stereocenters. The molecular formula is C21H20N2O5S. The van der Waals surface area contributed by atoms with E-state index in [0.29, 0.717) is 11.1 Å². The summed E-state index contributed by atoms with van der Waals surface area (Å²) in [4.78, 5) is 27.0. The second-order valence-corrected chi connectivity index (χ2v) is 8.06. The van der Waals surface area contributed by atoms with Gasteiger partial charge in [-0.3, -0.25) is 9.59 Å². The molecule has 0 aliphatic carbocycles. The highest BCUT2D eigenvalue weighted by Crippen LogP contribution is 2.18. The van der Waals surface area contributed by atoms with Crippen molar-refractivity contribution >= 4 is 38.8 Å². The van der Waals surface area contributed by atoms with Gasteiger partial charge in [-0.25, -0.2) is 13.1 Å². The zero-order valence-electron chi connectivity index (χ0n) is 15.7. The fourth-order valence-electron chi connectivity index (χ4n) is 2.63. The topological polar surface area (TPSA) is 105 Å². The Kier molecular flexibility index (Phi) is 6.26. The number of aryl methyl sites for hydroxylation is 1. The molecular weight excluding hydrogens is 392 g/mol. The van der Waals surface area contributed by atoms with Gasteiger partial charge in [-0.1, -0.05) is 48.0 Å². The minimum absolute atomic E-state index is 0.377. The Labute approximate surface area is 168 Å². The van der Waals surface area contributed by atoms with E-state index in [0.717, 1.165) is 21.9 Å². The number of para-hydroxylation sites is 1. The summed E-state index contributed by atoms with van der Waals surface area (Å²) in [5.74, 6) is -1.22. The molecule has 0 amide bonds. The second-order valence-electron chi connectivity index (χ2n) is 6.41. The van der Waals surface area contributed by atoms with Crippen molar-refractivity contribution < 1.29 is 22.7 Å². The average Bonchev–Trinajstić information content (AvgIpc) is 3.14. The lowest BCUT2D eigenvalue weighted by Gasteiger charge is -2.05. The first kappa shape index (κ1) is 20.5. The van der Waals surface area contributed by atoms with E-state index < -0.39 is 29.1 Å². The molecule has 0 bridgehead atoms. The van der Waals surface area contributed by atoms with Gasteiger partial charge in [0.2, 0.25) is 15.8 Å². The number of nitrogens with one attached hydrogen (secondary N) is 2. The standard InChI is InChI=1S/C21H20N2O5S/c1-15-6-8-16(9-7-15)10-11-29(26,27)23-13-21(25)28-14-20(24)18-12-22-19-5-3-2-4-17(18)19/h2-12,22-23H,13-14H2,1H3/b11-10+. The number of sulfonamides is 1. The number of Topliss-reactive ketones (excluding diaryl/α,β-unsaturated/α-hetero) is 1. The average molecular weight is 412 g/mol. The Morgan fingerprint density at radius 3 is 2.59 bits per heavy atom. The quantitative estimate of drug-likeness (QED) is 0.437. The van der Waals surface area contributed by atoms with Crippen molar-refractivity contribution in [2.24, 2.45) is 0 Å². The van der Waals surface area contributed by atoms with Gasteiger partial charge in [0, 0.05) is 28.1 Å². The monoisotopic (exact) mass is 412 g/mol. The summed E-state index contributed by atoms with van der Waals surface area (Å²) in [6.45, 7) is 0.893. The van der Waals surface area contributed by atoms with Crippen molar-refractivity contribution in [1.29, 1.82) is 0 Å². The van der Waals surface area contributed by atoms with Crippen molar-refractivity contribution in [2.75, 3.05) is 13.2 Å². The highest BCUT2D eigenvalue weighted by Gasteiger charge is 2.15. The Balaban J connectivity index is 1.50. The zero-order valence-corrected chi connectivity index (χ0v) is 16.5. The van der Waals surface area contributed by atoms with Crippen molar-refractivity contribution in [3.05, 3.63) is 76.8 Å². The molecule has 0 aliphatic rings. The Morgan fingerprint density at radius 2 is 1.83 bits per heavy atom. The summed E-state index contributed by atoms with van der Waals surface area (Å²) in [5.41, 5.74) is 2.99. The smallest absolute Gasteiger partial charge is 0.321 e. The maximum atomic E-state index is 12.3. The van der Waals surface area contributed by atoms with E-state index in [2.05, 4.69) is 9.71 Å². The van der Waals surface area contributed by atoms with Gasteiger partial charge < -0.3 is 9.72 Å². The van der Waals surface area contributed by atoms with Gasteiger partial charge in [0.25, 0.3) is 0 Å². The number of aromatic amines is 1. The van der Waals surface area contributed by atoms with Crippen LogP contribution in [0.5, 0.6) is 0 Å². The molecule has 0 saturated carbocycles. The van der Waals surface area contributed by atoms with E-state index in [1.807, 2.05) is 31.2 Å². The van der Waals surface area contributed by atoms with Gasteiger partial charge in [0.05, 0.1) is 0 Å². The molecule has 0 spiro atoms. The van der Waals surface area contributed by atoms with E-state index in [4.69, 9.17) is 4.74 Å². The van der Waals surface area contributed by atoms with Crippen LogP contribution in [0.15, 0.2) is 60.1 Å². The van der Waals surface area contributed by atoms with Crippen LogP contribution in [0.3, 0.4) is 0 Å². The molecule has 8 heteroatoms. The van der Waals surface area contributed by atoms with Crippen molar-refractivity contribution in [3.8, 4) is 0 Å². The normalized spacial score (nSPS) is 11.8. The molecule has 0 aliphatic heterocycles. The predicted molar refractivity (Wildman–Crippen MR) is 111 cm³/mol. The minimum Gasteiger partial charge on any atom is -0.456 e. The number of H-pyrrole nitrogens is 1. The third-order valence-corrected chi connectivity index (χ3v) is 5.23. The van der Waals surface area contributed by atoms with Crippen molar-refractivity contribution in [1.82, 2.24) is 9.71 Å². The molecule has 3 aromatic rings. The lowest BCUT2D eigenvalue weighted by atomic mass is 10.1. The Morgan fingerprint density at radius 1 is 1.10 bits per heavy atom. The number of hydrogen-bond acceptors (Lipinski definition) is 5. The van der Waals surface area contributed by atoms with E-state index in [9.17, 15) is 18.0 Å². The summed E-state index contributed by atoms with van der Waals surface area (Å²) < 4.78 is 31.0. The third-order valence-electron chi connectivity index (χ3n) is 4.19. The molecule has 0 radical (unpaired) electrons. The molecule has 2 N–H and O–H groups in total. The number of hydrogen-bond donors (Lipinski definition) is 2. The number of carbonyl (C=O) groups excluding carboxylic acids is 2. The van der Waals surface area contributed by atoms with Crippen LogP contribution in [0, 0.1) is 6.92 Å². The Bertz CT molecular complexity index is 1160. The molecule has 0 saturated heterocycles. The molecule has 0 unspecified atom stereocenters. The van der Waals surface area contributed by atoms with Gasteiger partial charge >= 0.3 is 5.97 Å². The van der Waals surface area contributed by atoms with Gasteiger partial charge in [0.15, 0.2) is 6.61 Å².